The summed E-state index contributed by atoms with van der Waals surface area (Å²) in [5, 5.41) is 46.4. The number of aliphatic hydroxyl groups excluding tert-OH is 4. The molecule has 1 aliphatic rings. The third-order valence-electron chi connectivity index (χ3n) is 10.7. The van der Waals surface area contributed by atoms with E-state index >= 15 is 0 Å². The van der Waals surface area contributed by atoms with E-state index in [1.165, 1.54) is 13.8 Å². The Kier molecular flexibility index (Phi) is 26.6. The largest absolute Gasteiger partial charge is 0.790 e. The van der Waals surface area contributed by atoms with Crippen molar-refractivity contribution in [1.82, 2.24) is 30.2 Å². The molecule has 0 saturated carbocycles. The molecule has 2 aromatic rings. The number of rotatable bonds is 35. The first-order chi connectivity index (χ1) is 33.3. The van der Waals surface area contributed by atoms with Crippen molar-refractivity contribution >= 4 is 69.1 Å². The quantitative estimate of drug-likeness (QED) is 0.0283. The predicted octanol–water partition coefficient (Wildman–Crippen LogP) is 0.672. The van der Waals surface area contributed by atoms with Gasteiger partial charge in [-0.25, -0.2) is 19.3 Å². The van der Waals surface area contributed by atoms with E-state index in [1.807, 2.05) is 6.08 Å². The van der Waals surface area contributed by atoms with Gasteiger partial charge in [-0.1, -0.05) is 82.5 Å². The van der Waals surface area contributed by atoms with Crippen LogP contribution in [0, 0.1) is 5.41 Å². The highest BCUT2D eigenvalue weighted by atomic mass is 32.2. The van der Waals surface area contributed by atoms with E-state index in [1.54, 1.807) is 0 Å². The van der Waals surface area contributed by atoms with Crippen molar-refractivity contribution in [3.63, 3.8) is 0 Å². The van der Waals surface area contributed by atoms with Gasteiger partial charge in [-0.3, -0.25) is 28.1 Å². The van der Waals surface area contributed by atoms with Gasteiger partial charge >= 0.3 is 0 Å². The van der Waals surface area contributed by atoms with Crippen molar-refractivity contribution < 1.29 is 90.7 Å². The average molecular weight is 1090 g/mol. The Balaban J connectivity index is 1.29. The Morgan fingerprint density at radius 3 is 2.32 bits per heavy atom. The Hall–Kier alpha value is -3.04. The normalized spacial score (nSPS) is 20.8. The third kappa shape index (κ3) is 23.4. The maximum atomic E-state index is 12.7. The number of nitrogens with one attached hydrogen (secondary N) is 2. The van der Waals surface area contributed by atoms with Gasteiger partial charge in [0, 0.05) is 37.1 Å². The number of amides is 2. The van der Waals surface area contributed by atoms with Gasteiger partial charge in [-0.2, -0.15) is 0 Å². The highest BCUT2D eigenvalue weighted by Gasteiger charge is 2.47. The van der Waals surface area contributed by atoms with Gasteiger partial charge in [0.05, 0.1) is 39.6 Å². The number of anilines is 1. The van der Waals surface area contributed by atoms with Crippen LogP contribution in [0.3, 0.4) is 0 Å². The summed E-state index contributed by atoms with van der Waals surface area (Å²) >= 11 is 0.966. The molecule has 71 heavy (non-hydrogen) atoms. The molecule has 2 unspecified atom stereocenters. The lowest BCUT2D eigenvalue weighted by atomic mass is 9.87. The number of fused-ring (bicyclic) bond motifs is 1. The molecule has 0 bridgehead atoms. The molecule has 30 heteroatoms. The first-order valence-electron chi connectivity index (χ1n) is 23.0. The zero-order valence-electron chi connectivity index (χ0n) is 39.8. The second-order valence-corrected chi connectivity index (χ2v) is 22.4. The summed E-state index contributed by atoms with van der Waals surface area (Å²) in [5.74, 6) is -1.38. The second kappa shape index (κ2) is 30.4. The van der Waals surface area contributed by atoms with E-state index < -0.39 is 90.7 Å². The molecule has 0 radical (unpaired) electrons. The van der Waals surface area contributed by atoms with Gasteiger partial charge in [0.2, 0.25) is 11.8 Å². The molecular formula is C41H66N7O19P3S-4. The van der Waals surface area contributed by atoms with Gasteiger partial charge in [0.15, 0.2) is 22.8 Å². The lowest BCUT2D eigenvalue weighted by Gasteiger charge is -2.36. The fourth-order valence-electron chi connectivity index (χ4n) is 6.86. The molecule has 0 spiro atoms. The smallest absolute Gasteiger partial charge is 0.274 e. The highest BCUT2D eigenvalue weighted by Crippen LogP contribution is 2.56. The van der Waals surface area contributed by atoms with E-state index in [9.17, 15) is 68.1 Å². The van der Waals surface area contributed by atoms with Crippen molar-refractivity contribution in [2.75, 3.05) is 37.8 Å². The number of phosphoric acid groups is 3. The van der Waals surface area contributed by atoms with Crippen LogP contribution in [0.2, 0.25) is 0 Å². The number of thioether (sulfide) groups is 1. The number of ether oxygens (including phenoxy) is 1. The van der Waals surface area contributed by atoms with Gasteiger partial charge in [0.1, 0.15) is 36.3 Å². The van der Waals surface area contributed by atoms with Crippen molar-refractivity contribution in [1.29, 1.82) is 0 Å². The van der Waals surface area contributed by atoms with Crippen molar-refractivity contribution in [2.45, 2.75) is 147 Å². The van der Waals surface area contributed by atoms with Crippen LogP contribution in [-0.2, 0) is 50.7 Å². The number of nitrogens with two attached hydrogens (primary N) is 1. The molecule has 404 valence electrons. The predicted molar refractivity (Wildman–Crippen MR) is 250 cm³/mol. The molecule has 1 fully saturated rings. The van der Waals surface area contributed by atoms with Gasteiger partial charge < -0.3 is 79.2 Å². The molecule has 8 N–H and O–H groups in total. The van der Waals surface area contributed by atoms with E-state index in [-0.39, 0.29) is 59.9 Å². The molecule has 2 aromatic heterocycles. The molecule has 9 atom stereocenters. The minimum Gasteiger partial charge on any atom is -0.790 e. The molecule has 2 amide bonds. The molecule has 1 aliphatic heterocycles. The number of nitrogen functional groups attached to an aromatic ring is 1. The second-order valence-electron chi connectivity index (χ2n) is 17.2. The van der Waals surface area contributed by atoms with Gasteiger partial charge in [0.25, 0.3) is 15.6 Å². The Morgan fingerprint density at radius 1 is 0.915 bits per heavy atom. The number of unbranched alkanes of at least 4 members (excludes halogenated alkanes) is 5. The minimum absolute atomic E-state index is 0.0173. The average Bonchev–Trinajstić information content (AvgIpc) is 3.85. The van der Waals surface area contributed by atoms with E-state index in [0.29, 0.717) is 12.8 Å². The molecular weight excluding hydrogens is 1020 g/mol. The third-order valence-corrected chi connectivity index (χ3v) is 14.6. The fourth-order valence-corrected chi connectivity index (χ4v) is 10.3. The SMILES string of the molecule is CC/C=C\CC[C@@H](O)C/C=C\CCCCCCC[C@@H](O)CC(=O)SCCNC(=O)CCNC(=O)[C@H](O)C(C)(C)COP(=O)([O-])OP(=O)([O-])OC[C@H]1O[C@@H](n2cnc3c(N)ncnc32)[C@H](O)[C@@H]1OP(=O)([O-])[O-]. The summed E-state index contributed by atoms with van der Waals surface area (Å²) in [4.78, 5) is 97.0. The first-order valence-corrected chi connectivity index (χ1v) is 28.3. The monoisotopic (exact) mass is 1090 g/mol. The maximum Gasteiger partial charge on any atom is 0.274 e. The summed E-state index contributed by atoms with van der Waals surface area (Å²) in [6, 6.07) is 0. The fraction of sp³-hybridized carbons (Fsp3) is 0.707. The zero-order chi connectivity index (χ0) is 52.8. The number of hydrogen-bond donors (Lipinski definition) is 7. The Labute approximate surface area is 416 Å². The number of nitrogens with zero attached hydrogens (tertiary/aromatic N) is 4. The number of allylic oxidation sites excluding steroid dienone is 3. The summed E-state index contributed by atoms with van der Waals surface area (Å²) in [6.07, 6.45) is 9.15. The number of imidazole rings is 1. The van der Waals surface area contributed by atoms with Crippen LogP contribution < -0.4 is 35.9 Å². The molecule has 0 aromatic carbocycles. The van der Waals surface area contributed by atoms with Crippen molar-refractivity contribution in [2.24, 2.45) is 5.41 Å². The van der Waals surface area contributed by atoms with Crippen LogP contribution in [0.15, 0.2) is 37.0 Å². The van der Waals surface area contributed by atoms with E-state index in [4.69, 9.17) is 10.5 Å². The minimum atomic E-state index is -5.94. The standard InChI is InChI=1S/C41H70N7O19P3S/c1-4-5-6-13-16-28(49)17-14-11-9-7-8-10-12-15-18-29(50)23-32(52)71-22-21-43-31(51)19-20-44-39(55)36(54)41(2,3)25-64-70(61,62)67-69(59,60)63-24-30-35(66-68(56,57)58)34(53)40(65-30)48-27-47-33-37(42)45-26-46-38(33)48/h5-6,11,14,26-30,34-36,40,49-50,53-54H,4,7-10,12-13,15-25H2,1-3H3,(H,43,51)(H,44,55)(H,59,60)(H,61,62)(H2,42,45,46)(H2,56,57,58)/p-4/b6-5-,14-11-/t28-,29-,30-,34-,35-,36+,40-/m1/s1. The highest BCUT2D eigenvalue weighted by molar-refractivity contribution is 8.13. The number of hydrogen-bond acceptors (Lipinski definition) is 24. The summed E-state index contributed by atoms with van der Waals surface area (Å²) < 4.78 is 60.8. The number of aromatic nitrogens is 4. The first kappa shape index (κ1) is 62.3. The van der Waals surface area contributed by atoms with Crippen LogP contribution in [0.1, 0.15) is 110 Å². The molecule has 3 heterocycles. The molecule has 3 rings (SSSR count). The number of carbonyl (C=O) groups is 3. The Bertz CT molecular complexity index is 2200. The van der Waals surface area contributed by atoms with Crippen LogP contribution in [-0.4, -0.2) is 126 Å². The van der Waals surface area contributed by atoms with E-state index in [2.05, 4.69) is 68.6 Å². The van der Waals surface area contributed by atoms with Crippen molar-refractivity contribution in [3.05, 3.63) is 37.0 Å². The molecule has 26 nitrogen and oxygen atoms in total. The van der Waals surface area contributed by atoms with Gasteiger partial charge in [-0.05, 0) is 44.9 Å². The Morgan fingerprint density at radius 2 is 1.61 bits per heavy atom. The zero-order valence-corrected chi connectivity index (χ0v) is 43.3. The number of phosphoric ester groups is 3. The lowest BCUT2D eigenvalue weighted by Crippen LogP contribution is -2.46. The lowest BCUT2D eigenvalue weighted by molar-refractivity contribution is -0.347. The van der Waals surface area contributed by atoms with Crippen molar-refractivity contribution in [3.8, 4) is 0 Å². The maximum absolute atomic E-state index is 12.7. The number of carbonyl (C=O) groups excluding carboxylic acids is 3. The topological polar surface area (TPSA) is 415 Å². The van der Waals surface area contributed by atoms with Crippen LogP contribution in [0.25, 0.3) is 11.2 Å². The summed E-state index contributed by atoms with van der Waals surface area (Å²) in [6.45, 7) is 2.02. The van der Waals surface area contributed by atoms with Crippen LogP contribution >= 0.6 is 35.2 Å². The van der Waals surface area contributed by atoms with Crippen LogP contribution in [0.5, 0.6) is 0 Å². The summed E-state index contributed by atoms with van der Waals surface area (Å²) in [5.41, 5.74) is 4.04. The molecule has 1 saturated heterocycles. The number of aliphatic hydroxyl groups is 4. The van der Waals surface area contributed by atoms with E-state index in [0.717, 1.165) is 86.8 Å². The van der Waals surface area contributed by atoms with Gasteiger partial charge in [-0.15, -0.1) is 0 Å². The van der Waals surface area contributed by atoms with Crippen LogP contribution in [0.4, 0.5) is 5.82 Å². The summed E-state index contributed by atoms with van der Waals surface area (Å²) in [7, 11) is -17.7. The molecule has 0 aliphatic carbocycles.